The monoisotopic (exact) mass is 906 g/mol. The molecule has 5 aliphatic heterocycles. The standard InChI is InChI=1S/C24H30O4.C12H16O2.C11H21NO3.C6H12O2/c1-3-23(13-25-14-23)17-27-21-9-5-19(6-10-21)20-7-11-22(12-8-20)28-18-24(4-2)15-26-16-24;1-2-12(8-13-9-12)10-14-11-6-4-3-5-7-11;1-3-5-6-12-10(13)15-9-11(4-2)7-14-8-11;1-2-6(3-7)4-8-5-6/h5-12H,3-4,13-18H2,1-2H3;3-7H,2,8-10H2,1H3;3-9H2,1-2H3,(H,12,13);7H,2-5H2,1H3. The third-order valence-electron chi connectivity index (χ3n) is 13.9. The second-order valence-corrected chi connectivity index (χ2v) is 19.0. The normalized spacial score (nSPS) is 19.6. The van der Waals surface area contributed by atoms with Gasteiger partial charge in [0.25, 0.3) is 0 Å². The molecular formula is C53H79NO11. The highest BCUT2D eigenvalue weighted by atomic mass is 16.6. The molecule has 0 saturated carbocycles. The second kappa shape index (κ2) is 25.9. The summed E-state index contributed by atoms with van der Waals surface area (Å²) in [6, 6.07) is 26.6. The van der Waals surface area contributed by atoms with Gasteiger partial charge in [-0.25, -0.2) is 4.79 Å². The summed E-state index contributed by atoms with van der Waals surface area (Å²) in [5.41, 5.74) is 3.26. The number of carbonyl (C=O) groups is 1. The van der Waals surface area contributed by atoms with Gasteiger partial charge in [0.1, 0.15) is 23.9 Å². The molecule has 0 spiro atoms. The zero-order valence-corrected chi connectivity index (χ0v) is 40.3. The largest absolute Gasteiger partial charge is 0.493 e. The molecule has 12 nitrogen and oxygen atoms in total. The molecule has 5 heterocycles. The average Bonchev–Trinajstić information content (AvgIpc) is 3.27. The van der Waals surface area contributed by atoms with E-state index in [9.17, 15) is 4.79 Å². The van der Waals surface area contributed by atoms with Crippen molar-refractivity contribution in [1.29, 1.82) is 0 Å². The van der Waals surface area contributed by atoms with Crippen LogP contribution in [0.15, 0.2) is 78.9 Å². The lowest BCUT2D eigenvalue weighted by molar-refractivity contribution is -0.138. The first-order valence-electron chi connectivity index (χ1n) is 24.1. The molecule has 3 aromatic carbocycles. The molecule has 0 unspecified atom stereocenters. The van der Waals surface area contributed by atoms with Crippen molar-refractivity contribution in [3.05, 3.63) is 78.9 Å². The number of aliphatic hydroxyl groups is 1. The molecule has 0 bridgehead atoms. The summed E-state index contributed by atoms with van der Waals surface area (Å²) >= 11 is 0. The summed E-state index contributed by atoms with van der Waals surface area (Å²) in [6.45, 7) is 24.4. The Bertz CT molecular complexity index is 1660. The van der Waals surface area contributed by atoms with E-state index in [0.29, 0.717) is 26.4 Å². The molecule has 1 amide bonds. The molecule has 0 aliphatic carbocycles. The topological polar surface area (TPSA) is 132 Å². The Balaban J connectivity index is 0.000000181. The predicted octanol–water partition coefficient (Wildman–Crippen LogP) is 9.80. The van der Waals surface area contributed by atoms with Gasteiger partial charge in [-0.2, -0.15) is 0 Å². The molecule has 8 rings (SSSR count). The van der Waals surface area contributed by atoms with Crippen molar-refractivity contribution < 1.29 is 52.5 Å². The molecule has 0 aromatic heterocycles. The van der Waals surface area contributed by atoms with Gasteiger partial charge in [-0.15, -0.1) is 0 Å². The molecule has 65 heavy (non-hydrogen) atoms. The van der Waals surface area contributed by atoms with Crippen molar-refractivity contribution in [3.63, 3.8) is 0 Å². The first-order chi connectivity index (χ1) is 31.6. The Hall–Kier alpha value is -3.91. The smallest absolute Gasteiger partial charge is 0.407 e. The zero-order chi connectivity index (χ0) is 46.5. The maximum absolute atomic E-state index is 11.2. The van der Waals surface area contributed by atoms with E-state index in [4.69, 9.17) is 47.7 Å². The number of benzene rings is 3. The Labute approximate surface area is 389 Å². The molecule has 3 aromatic rings. The Morgan fingerprint density at radius 2 is 0.831 bits per heavy atom. The van der Waals surface area contributed by atoms with Gasteiger partial charge < -0.3 is 53.1 Å². The molecule has 2 N–H and O–H groups in total. The summed E-state index contributed by atoms with van der Waals surface area (Å²) in [7, 11) is 0. The summed E-state index contributed by atoms with van der Waals surface area (Å²) in [6.07, 6.45) is 7.10. The quantitative estimate of drug-likeness (QED) is 0.0991. The van der Waals surface area contributed by atoms with Crippen molar-refractivity contribution in [3.8, 4) is 28.4 Å². The van der Waals surface area contributed by atoms with Crippen LogP contribution in [0.2, 0.25) is 0 Å². The lowest BCUT2D eigenvalue weighted by atomic mass is 9.84. The van der Waals surface area contributed by atoms with Crippen molar-refractivity contribution in [2.24, 2.45) is 27.1 Å². The maximum atomic E-state index is 11.2. The van der Waals surface area contributed by atoms with Crippen molar-refractivity contribution in [1.82, 2.24) is 5.32 Å². The molecule has 5 saturated heterocycles. The van der Waals surface area contributed by atoms with Crippen molar-refractivity contribution in [2.45, 2.75) is 86.5 Å². The van der Waals surface area contributed by atoms with Crippen LogP contribution in [0, 0.1) is 27.1 Å². The molecule has 362 valence electrons. The summed E-state index contributed by atoms with van der Waals surface area (Å²) in [4.78, 5) is 11.2. The Morgan fingerprint density at radius 3 is 1.11 bits per heavy atom. The van der Waals surface area contributed by atoms with Crippen LogP contribution < -0.4 is 19.5 Å². The molecular weight excluding hydrogens is 827 g/mol. The number of ether oxygens (including phenoxy) is 9. The van der Waals surface area contributed by atoms with Crippen LogP contribution >= 0.6 is 0 Å². The Kier molecular flexibility index (Phi) is 20.7. The fourth-order valence-corrected chi connectivity index (χ4v) is 7.27. The van der Waals surface area contributed by atoms with Crippen molar-refractivity contribution in [2.75, 3.05) is 106 Å². The maximum Gasteiger partial charge on any atom is 0.407 e. The third kappa shape index (κ3) is 15.3. The average molecular weight is 906 g/mol. The highest BCUT2D eigenvalue weighted by molar-refractivity contribution is 5.67. The van der Waals surface area contributed by atoms with Crippen LogP contribution in [0.4, 0.5) is 4.79 Å². The predicted molar refractivity (Wildman–Crippen MR) is 254 cm³/mol. The Morgan fingerprint density at radius 1 is 0.492 bits per heavy atom. The minimum absolute atomic E-state index is 0.0854. The molecule has 0 atom stereocenters. The number of amides is 1. The number of rotatable bonds is 21. The van der Waals surface area contributed by atoms with Gasteiger partial charge in [0.15, 0.2) is 0 Å². The number of hydrogen-bond donors (Lipinski definition) is 2. The van der Waals surface area contributed by atoms with Crippen LogP contribution in [0.3, 0.4) is 0 Å². The fourth-order valence-electron chi connectivity index (χ4n) is 7.27. The molecule has 5 fully saturated rings. The van der Waals surface area contributed by atoms with E-state index < -0.39 is 0 Å². The van der Waals surface area contributed by atoms with Gasteiger partial charge in [-0.05, 0) is 86.1 Å². The number of alkyl carbamates (subject to hydrolysis) is 1. The number of nitrogens with one attached hydrogen (secondary N) is 1. The number of para-hydroxylation sites is 1. The lowest BCUT2D eigenvalue weighted by Gasteiger charge is -2.40. The molecule has 0 radical (unpaired) electrons. The van der Waals surface area contributed by atoms with E-state index in [1.807, 2.05) is 54.6 Å². The van der Waals surface area contributed by atoms with E-state index in [1.54, 1.807) is 0 Å². The van der Waals surface area contributed by atoms with E-state index in [0.717, 1.165) is 135 Å². The van der Waals surface area contributed by atoms with Gasteiger partial charge in [-0.1, -0.05) is 90.4 Å². The van der Waals surface area contributed by atoms with Gasteiger partial charge >= 0.3 is 6.09 Å². The van der Waals surface area contributed by atoms with Crippen LogP contribution in [0.5, 0.6) is 17.2 Å². The van der Waals surface area contributed by atoms with E-state index in [1.165, 1.54) is 11.1 Å². The van der Waals surface area contributed by atoms with Gasteiger partial charge in [0.2, 0.25) is 0 Å². The highest BCUT2D eigenvalue weighted by Gasteiger charge is 2.40. The van der Waals surface area contributed by atoms with Gasteiger partial charge in [-0.3, -0.25) is 0 Å². The number of unbranched alkanes of at least 4 members (excludes halogenated alkanes) is 1. The zero-order valence-electron chi connectivity index (χ0n) is 40.3. The summed E-state index contributed by atoms with van der Waals surface area (Å²) in [5, 5.41) is 11.5. The van der Waals surface area contributed by atoms with Crippen molar-refractivity contribution >= 4 is 6.09 Å². The lowest BCUT2D eigenvalue weighted by Crippen LogP contribution is -2.46. The number of aliphatic hydroxyl groups excluding tert-OH is 1. The van der Waals surface area contributed by atoms with Crippen LogP contribution in [0.25, 0.3) is 11.1 Å². The van der Waals surface area contributed by atoms with Gasteiger partial charge in [0, 0.05) is 12.0 Å². The minimum Gasteiger partial charge on any atom is -0.493 e. The van der Waals surface area contributed by atoms with E-state index in [-0.39, 0.29) is 39.8 Å². The SMILES string of the molecule is CCC1(CO)COC1.CCC1(COc2ccc(-c3ccc(OCC4(CC)COC4)cc3)cc2)COC1.CCC1(COc2ccccc2)COC1.CCCCNC(=O)OCC1(CC)COC1. The second-order valence-electron chi connectivity index (χ2n) is 19.0. The number of carbonyl (C=O) groups excluding carboxylic acids is 1. The minimum atomic E-state index is -0.303. The van der Waals surface area contributed by atoms with E-state index in [2.05, 4.69) is 71.1 Å². The summed E-state index contributed by atoms with van der Waals surface area (Å²) in [5.74, 6) is 2.78. The van der Waals surface area contributed by atoms with E-state index >= 15 is 0 Å². The first kappa shape index (κ1) is 52.1. The summed E-state index contributed by atoms with van der Waals surface area (Å²) < 4.78 is 48.9. The first-order valence-corrected chi connectivity index (χ1v) is 24.1. The number of hydrogen-bond acceptors (Lipinski definition) is 11. The molecule has 5 aliphatic rings. The fraction of sp³-hybridized carbons (Fsp3) is 0.642. The van der Waals surface area contributed by atoms with Crippen LogP contribution in [-0.4, -0.2) is 117 Å². The van der Waals surface area contributed by atoms with Crippen LogP contribution in [0.1, 0.15) is 86.5 Å². The third-order valence-corrected chi connectivity index (χ3v) is 13.9. The van der Waals surface area contributed by atoms with Crippen LogP contribution in [-0.2, 0) is 28.4 Å². The van der Waals surface area contributed by atoms with Gasteiger partial charge in [0.05, 0.1) is 114 Å². The highest BCUT2D eigenvalue weighted by Crippen LogP contribution is 2.35. The molecule has 12 heteroatoms.